The van der Waals surface area contributed by atoms with Crippen LogP contribution in [0.4, 0.5) is 0 Å². The molecule has 7 heteroatoms. The quantitative estimate of drug-likeness (QED) is 0.578. The number of aliphatic hydroxyl groups is 1. The van der Waals surface area contributed by atoms with Crippen molar-refractivity contribution in [3.05, 3.63) is 71.8 Å². The fourth-order valence-electron chi connectivity index (χ4n) is 3.70. The van der Waals surface area contributed by atoms with Crippen LogP contribution in [0, 0.1) is 0 Å². The average molecular weight is 410 g/mol. The van der Waals surface area contributed by atoms with Crippen molar-refractivity contribution in [1.82, 2.24) is 0 Å². The summed E-state index contributed by atoms with van der Waals surface area (Å²) in [7, 11) is 1.58. The van der Waals surface area contributed by atoms with Crippen molar-refractivity contribution in [3.8, 4) is 5.75 Å². The van der Waals surface area contributed by atoms with Gasteiger partial charge in [-0.05, 0) is 29.3 Å². The molecule has 30 heavy (non-hydrogen) atoms. The number of carbonyl (C=O) groups is 2. The molecule has 0 aliphatic carbocycles. The monoisotopic (exact) mass is 410 g/mol. The van der Waals surface area contributed by atoms with E-state index in [-0.39, 0.29) is 6.42 Å². The van der Waals surface area contributed by atoms with Crippen LogP contribution in [0.15, 0.2) is 60.7 Å². The summed E-state index contributed by atoms with van der Waals surface area (Å²) in [5.74, 6) is -0.264. The van der Waals surface area contributed by atoms with Crippen LogP contribution in [-0.2, 0) is 23.8 Å². The molecule has 156 valence electrons. The number of ether oxygens (including phenoxy) is 4. The van der Waals surface area contributed by atoms with E-state index in [9.17, 15) is 14.7 Å². The van der Waals surface area contributed by atoms with Crippen molar-refractivity contribution in [3.63, 3.8) is 0 Å². The molecule has 0 saturated carbocycles. The van der Waals surface area contributed by atoms with E-state index in [1.807, 2.05) is 30.3 Å². The molecule has 2 fully saturated rings. The highest BCUT2D eigenvalue weighted by Gasteiger charge is 2.54. The minimum absolute atomic E-state index is 0.0745. The van der Waals surface area contributed by atoms with E-state index in [2.05, 4.69) is 0 Å². The van der Waals surface area contributed by atoms with Gasteiger partial charge in [0.15, 0.2) is 12.2 Å². The molecule has 2 aromatic rings. The van der Waals surface area contributed by atoms with E-state index in [0.29, 0.717) is 5.56 Å². The van der Waals surface area contributed by atoms with Gasteiger partial charge in [-0.1, -0.05) is 42.5 Å². The third-order valence-electron chi connectivity index (χ3n) is 5.20. The summed E-state index contributed by atoms with van der Waals surface area (Å²) in [5.41, 5.74) is 1.49. The van der Waals surface area contributed by atoms with Gasteiger partial charge in [-0.3, -0.25) is 4.79 Å². The number of esters is 2. The number of hydrogen-bond donors (Lipinski definition) is 1. The topological polar surface area (TPSA) is 91.3 Å². The summed E-state index contributed by atoms with van der Waals surface area (Å²) in [5, 5.41) is 10.7. The van der Waals surface area contributed by atoms with E-state index in [0.717, 1.165) is 11.3 Å². The zero-order valence-corrected chi connectivity index (χ0v) is 16.3. The van der Waals surface area contributed by atoms with E-state index < -0.39 is 42.5 Å². The predicted octanol–water partition coefficient (Wildman–Crippen LogP) is 2.44. The van der Waals surface area contributed by atoms with Crippen molar-refractivity contribution in [2.75, 3.05) is 7.11 Å². The number of methoxy groups -OCH3 is 1. The summed E-state index contributed by atoms with van der Waals surface area (Å²) < 4.78 is 21.8. The molecule has 0 aromatic heterocycles. The molecular weight excluding hydrogens is 388 g/mol. The van der Waals surface area contributed by atoms with Crippen LogP contribution in [0.3, 0.4) is 0 Å². The van der Waals surface area contributed by atoms with E-state index in [4.69, 9.17) is 18.9 Å². The van der Waals surface area contributed by atoms with Gasteiger partial charge < -0.3 is 24.1 Å². The molecule has 2 aliphatic rings. The minimum atomic E-state index is -1.09. The van der Waals surface area contributed by atoms with Gasteiger partial charge >= 0.3 is 11.9 Å². The number of carbonyl (C=O) groups excluding carboxylic acids is 2. The van der Waals surface area contributed by atoms with Gasteiger partial charge in [0.25, 0.3) is 0 Å². The second kappa shape index (κ2) is 8.69. The Morgan fingerprint density at radius 2 is 1.90 bits per heavy atom. The van der Waals surface area contributed by atoms with Gasteiger partial charge in [0.1, 0.15) is 24.1 Å². The van der Waals surface area contributed by atoms with Crippen molar-refractivity contribution < 1.29 is 33.6 Å². The molecule has 1 N–H and O–H groups in total. The fourth-order valence-corrected chi connectivity index (χ4v) is 3.70. The summed E-state index contributed by atoms with van der Waals surface area (Å²) in [4.78, 5) is 24.0. The smallest absolute Gasteiger partial charge is 0.331 e. The molecule has 0 spiro atoms. The number of fused-ring (bicyclic) bond motifs is 1. The molecule has 4 rings (SSSR count). The number of aliphatic hydroxyl groups excluding tert-OH is 1. The molecule has 5 atom stereocenters. The molecule has 0 unspecified atom stereocenters. The predicted molar refractivity (Wildman–Crippen MR) is 106 cm³/mol. The molecule has 2 saturated heterocycles. The van der Waals surface area contributed by atoms with Crippen LogP contribution < -0.4 is 4.74 Å². The van der Waals surface area contributed by atoms with Gasteiger partial charge in [0, 0.05) is 6.08 Å². The average Bonchev–Trinajstić information content (AvgIpc) is 3.28. The lowest BCUT2D eigenvalue weighted by Gasteiger charge is -2.26. The Hall–Kier alpha value is -3.16. The van der Waals surface area contributed by atoms with Crippen LogP contribution >= 0.6 is 0 Å². The molecule has 2 aliphatic heterocycles. The van der Waals surface area contributed by atoms with Gasteiger partial charge in [0.05, 0.1) is 13.5 Å². The highest BCUT2D eigenvalue weighted by molar-refractivity contribution is 5.87. The lowest BCUT2D eigenvalue weighted by atomic mass is 9.98. The molecule has 0 bridgehead atoms. The highest BCUT2D eigenvalue weighted by atomic mass is 16.6. The Labute approximate surface area is 173 Å². The second-order valence-electron chi connectivity index (χ2n) is 7.16. The molecule has 2 heterocycles. The van der Waals surface area contributed by atoms with Crippen molar-refractivity contribution in [2.45, 2.75) is 36.9 Å². The van der Waals surface area contributed by atoms with Crippen LogP contribution in [0.25, 0.3) is 6.08 Å². The highest BCUT2D eigenvalue weighted by Crippen LogP contribution is 2.38. The third-order valence-corrected chi connectivity index (χ3v) is 5.20. The van der Waals surface area contributed by atoms with E-state index in [1.54, 1.807) is 37.5 Å². The summed E-state index contributed by atoms with van der Waals surface area (Å²) in [6, 6.07) is 16.3. The van der Waals surface area contributed by atoms with Crippen molar-refractivity contribution >= 4 is 18.0 Å². The summed E-state index contributed by atoms with van der Waals surface area (Å²) in [6.07, 6.45) is -1.05. The molecule has 0 radical (unpaired) electrons. The SMILES string of the molecule is COc1ccc(/C=C/C(=O)O[C@@H](c2ccccc2)[C@H]2O[C@@H]3CC(=O)O[C@@H]3[C@H]2O)cc1. The lowest BCUT2D eigenvalue weighted by Crippen LogP contribution is -2.37. The Bertz CT molecular complexity index is 922. The Balaban J connectivity index is 1.50. The second-order valence-corrected chi connectivity index (χ2v) is 7.16. The van der Waals surface area contributed by atoms with E-state index >= 15 is 0 Å². The molecular formula is C23H22O7. The summed E-state index contributed by atoms with van der Waals surface area (Å²) >= 11 is 0. The zero-order valence-electron chi connectivity index (χ0n) is 16.3. The van der Waals surface area contributed by atoms with Gasteiger partial charge in [0.2, 0.25) is 0 Å². The van der Waals surface area contributed by atoms with Gasteiger partial charge in [-0.2, -0.15) is 0 Å². The molecule has 2 aromatic carbocycles. The van der Waals surface area contributed by atoms with Gasteiger partial charge in [-0.25, -0.2) is 4.79 Å². The molecule has 0 amide bonds. The normalized spacial score (nSPS) is 26.3. The van der Waals surface area contributed by atoms with Crippen LogP contribution in [0.2, 0.25) is 0 Å². The molecule has 7 nitrogen and oxygen atoms in total. The Kier molecular flexibility index (Phi) is 5.83. The first-order valence-corrected chi connectivity index (χ1v) is 9.66. The number of rotatable bonds is 6. The number of benzene rings is 2. The lowest BCUT2D eigenvalue weighted by molar-refractivity contribution is -0.159. The maximum atomic E-state index is 12.5. The number of hydrogen-bond acceptors (Lipinski definition) is 7. The summed E-state index contributed by atoms with van der Waals surface area (Å²) in [6.45, 7) is 0. The Morgan fingerprint density at radius 3 is 2.57 bits per heavy atom. The van der Waals surface area contributed by atoms with Crippen LogP contribution in [-0.4, -0.2) is 48.6 Å². The first kappa shape index (κ1) is 20.1. The van der Waals surface area contributed by atoms with Crippen LogP contribution in [0.5, 0.6) is 5.75 Å². The standard InChI is InChI=1S/C23H22O7/c1-27-16-10-7-14(8-11-16)9-12-18(24)29-21(15-5-3-2-4-6-15)23-20(26)22-17(28-23)13-19(25)30-22/h2-12,17,20-23,26H,13H2,1H3/b12-9+/t17-,20-,21+,22+,23+/m1/s1. The largest absolute Gasteiger partial charge is 0.497 e. The van der Waals surface area contributed by atoms with E-state index in [1.165, 1.54) is 6.08 Å². The maximum absolute atomic E-state index is 12.5. The first-order chi connectivity index (χ1) is 14.5. The Morgan fingerprint density at radius 1 is 1.17 bits per heavy atom. The van der Waals surface area contributed by atoms with Crippen molar-refractivity contribution in [2.24, 2.45) is 0 Å². The first-order valence-electron chi connectivity index (χ1n) is 9.66. The fraction of sp³-hybridized carbons (Fsp3) is 0.304. The third kappa shape index (κ3) is 4.22. The minimum Gasteiger partial charge on any atom is -0.497 e. The maximum Gasteiger partial charge on any atom is 0.331 e. The van der Waals surface area contributed by atoms with Crippen molar-refractivity contribution in [1.29, 1.82) is 0 Å². The van der Waals surface area contributed by atoms with Gasteiger partial charge in [-0.15, -0.1) is 0 Å². The van der Waals surface area contributed by atoms with Crippen LogP contribution in [0.1, 0.15) is 23.7 Å². The zero-order chi connectivity index (χ0) is 21.1.